The molecule has 1 N–H and O–H groups in total. The topological polar surface area (TPSA) is 74.8 Å². The molecular weight excluding hydrogens is 636 g/mol. The number of halogens is 5. The number of aromatic nitrogens is 1. The third-order valence-corrected chi connectivity index (χ3v) is 10.3. The predicted octanol–water partition coefficient (Wildman–Crippen LogP) is 0.424. The number of alkyl halides is 1. The van der Waals surface area contributed by atoms with Crippen LogP contribution in [0.5, 0.6) is 0 Å². The summed E-state index contributed by atoms with van der Waals surface area (Å²) in [6.45, 7) is 5.98. The van der Waals surface area contributed by atoms with E-state index in [0.717, 1.165) is 64.0 Å². The quantitative estimate of drug-likeness (QED) is 0.276. The maximum atomic E-state index is 15.3. The fourth-order valence-electron chi connectivity index (χ4n) is 5.04. The normalized spacial score (nSPS) is 24.2. The molecule has 0 amide bonds. The number of anilines is 2. The molecule has 13 heteroatoms. The average molecular weight is 660 g/mol. The van der Waals surface area contributed by atoms with Gasteiger partial charge >= 0.3 is 0 Å². The molecule has 4 heterocycles. The number of ether oxygens (including phenoxy) is 1. The predicted molar refractivity (Wildman–Crippen MR) is 127 cm³/mol. The number of sulfonamides is 1. The van der Waals surface area contributed by atoms with Crippen LogP contribution in [0.15, 0.2) is 29.3 Å². The maximum Gasteiger partial charge on any atom is 0.267 e. The van der Waals surface area contributed by atoms with Crippen LogP contribution >= 0.6 is 23.2 Å². The molecule has 190 valence electrons. The van der Waals surface area contributed by atoms with Crippen LogP contribution in [-0.2, 0) is 14.8 Å². The first-order valence-electron chi connectivity index (χ1n) is 11.1. The molecule has 3 aliphatic rings. The average Bonchev–Trinajstić information content (AvgIpc) is 3.36. The van der Waals surface area contributed by atoms with Crippen LogP contribution in [0.25, 0.3) is 0 Å². The van der Waals surface area contributed by atoms with Gasteiger partial charge in [0.25, 0.3) is 32.6 Å². The van der Waals surface area contributed by atoms with Crippen molar-refractivity contribution >= 4 is 44.7 Å². The van der Waals surface area contributed by atoms with Crippen LogP contribution in [-0.4, -0.2) is 67.7 Å². The Bertz CT molecular complexity index is 1250. The lowest BCUT2D eigenvalue weighted by molar-refractivity contribution is -0.471. The van der Waals surface area contributed by atoms with Gasteiger partial charge < -0.3 is 9.64 Å². The van der Waals surface area contributed by atoms with Gasteiger partial charge in [0.05, 0.1) is 36.7 Å². The molecule has 0 saturated carbocycles. The number of nitrogens with zero attached hydrogens (tertiary/aromatic N) is 3. The Morgan fingerprint density at radius 2 is 1.94 bits per heavy atom. The van der Waals surface area contributed by atoms with Gasteiger partial charge in [0.15, 0.2) is 9.24 Å². The third kappa shape index (κ3) is 5.08. The molecule has 3 aliphatic heterocycles. The highest BCUT2D eigenvalue weighted by molar-refractivity contribution is 7.92. The van der Waals surface area contributed by atoms with E-state index in [4.69, 9.17) is 27.9 Å². The van der Waals surface area contributed by atoms with Gasteiger partial charge in [0, 0.05) is 31.5 Å². The molecule has 1 aromatic heterocycles. The fraction of sp³-hybridized carbons (Fsp3) is 0.500. The summed E-state index contributed by atoms with van der Waals surface area (Å²) >= 11 is 14.7. The molecule has 0 radical (unpaired) electrons. The molecule has 1 aromatic carbocycles. The van der Waals surface area contributed by atoms with E-state index in [9.17, 15) is 12.8 Å². The minimum Gasteiger partial charge on any atom is -0.380 e. The molecule has 3 saturated heterocycles. The second kappa shape index (κ2) is 9.39. The summed E-state index contributed by atoms with van der Waals surface area (Å²) in [4.78, 5) is 7.32. The Hall–Kier alpha value is -0.990. The Labute approximate surface area is 226 Å². The van der Waals surface area contributed by atoms with Gasteiger partial charge in [0.2, 0.25) is 0 Å². The second-order valence-corrected chi connectivity index (χ2v) is 14.5. The standard InChI is InChI=1S/C22H24Cl2F2IN4O3S/c23-15-7-16(18(24)19(26)20(15)35(32,33)29-17-2-1-14(25)8-28-17)31-6-4-22(27,11-31)10-30-5-3-21(9-30)12-34-13-21/h1-2,7-8,27H,3-6,9-13H2,(H,28,29)/q+1. The van der Waals surface area contributed by atoms with E-state index in [-0.39, 0.29) is 19.3 Å². The van der Waals surface area contributed by atoms with Crippen molar-refractivity contribution in [3.63, 3.8) is 0 Å². The van der Waals surface area contributed by atoms with Gasteiger partial charge in [-0.2, -0.15) is 0 Å². The summed E-state index contributed by atoms with van der Waals surface area (Å²) in [5, 5.41) is -0.600. The summed E-state index contributed by atoms with van der Waals surface area (Å²) in [6, 6.07) is 3.55. The first kappa shape index (κ1) is 25.7. The van der Waals surface area contributed by atoms with E-state index in [2.05, 4.69) is 37.2 Å². The van der Waals surface area contributed by atoms with E-state index in [1.165, 1.54) is 6.07 Å². The lowest BCUT2D eigenvalue weighted by atomic mass is 9.85. The second-order valence-electron chi connectivity index (χ2n) is 9.61. The maximum absolute atomic E-state index is 15.3. The molecule has 7 nitrogen and oxygen atoms in total. The molecule has 0 aliphatic carbocycles. The van der Waals surface area contributed by atoms with Crippen LogP contribution in [0.4, 0.5) is 20.3 Å². The van der Waals surface area contributed by atoms with Crippen LogP contribution in [0.2, 0.25) is 10.0 Å². The summed E-state index contributed by atoms with van der Waals surface area (Å²) in [5.41, 5.74) is 0.679. The highest BCUT2D eigenvalue weighted by Gasteiger charge is 2.50. The highest BCUT2D eigenvalue weighted by atomic mass is 127. The van der Waals surface area contributed by atoms with E-state index in [1.807, 2.05) is 4.90 Å². The molecule has 2 aromatic rings. The van der Waals surface area contributed by atoms with Gasteiger partial charge in [-0.1, -0.05) is 23.2 Å². The fourth-order valence-corrected chi connectivity index (χ4v) is 8.24. The van der Waals surface area contributed by atoms with Crippen LogP contribution in [0.3, 0.4) is 0 Å². The van der Waals surface area contributed by atoms with Gasteiger partial charge in [0.1, 0.15) is 21.6 Å². The van der Waals surface area contributed by atoms with Crippen LogP contribution in [0.1, 0.15) is 12.8 Å². The van der Waals surface area contributed by atoms with E-state index in [1.54, 1.807) is 0 Å². The zero-order chi connectivity index (χ0) is 25.0. The van der Waals surface area contributed by atoms with Gasteiger partial charge in [-0.05, 0) is 31.2 Å². The molecule has 3 fully saturated rings. The Balaban J connectivity index is 1.33. The Morgan fingerprint density at radius 3 is 2.57 bits per heavy atom. The Kier molecular flexibility index (Phi) is 6.88. The number of rotatable bonds is 6. The number of likely N-dealkylation sites (tertiary alicyclic amines) is 1. The number of hydrogen-bond donors (Lipinski definition) is 1. The zero-order valence-electron chi connectivity index (χ0n) is 18.6. The molecule has 1 spiro atoms. The zero-order valence-corrected chi connectivity index (χ0v) is 23.2. The van der Waals surface area contributed by atoms with Crippen LogP contribution in [0, 0.1) is 17.0 Å². The van der Waals surface area contributed by atoms with Gasteiger partial charge in [-0.15, -0.1) is 0 Å². The first-order chi connectivity index (χ1) is 16.5. The molecule has 1 unspecified atom stereocenters. The lowest BCUT2D eigenvalue weighted by Crippen LogP contribution is -3.44. The van der Waals surface area contributed by atoms with Crippen molar-refractivity contribution in [2.45, 2.75) is 21.2 Å². The summed E-state index contributed by atoms with van der Waals surface area (Å²) in [5.74, 6) is -1.94. The number of pyridine rings is 1. The van der Waals surface area contributed by atoms with Crippen molar-refractivity contribution in [1.82, 2.24) is 9.88 Å². The number of benzene rings is 1. The molecular formula is C22H24Cl2F2IN4O3S+. The van der Waals surface area contributed by atoms with Crippen molar-refractivity contribution in [3.8, 4) is 0 Å². The molecule has 35 heavy (non-hydrogen) atoms. The largest absolute Gasteiger partial charge is 0.380 e. The number of nitrogens with one attached hydrogen (secondary N) is 1. The summed E-state index contributed by atoms with van der Waals surface area (Å²) < 4.78 is 61.6. The highest BCUT2D eigenvalue weighted by Crippen LogP contribution is 2.41. The van der Waals surface area contributed by atoms with E-state index in [0.29, 0.717) is 24.2 Å². The first-order valence-corrected chi connectivity index (χ1v) is 14.5. The summed E-state index contributed by atoms with van der Waals surface area (Å²) in [6.07, 6.45) is 2.89. The van der Waals surface area contributed by atoms with Crippen LogP contribution < -0.4 is 32.2 Å². The van der Waals surface area contributed by atoms with Crippen molar-refractivity contribution < 1.29 is 44.5 Å². The van der Waals surface area contributed by atoms with Crippen molar-refractivity contribution in [3.05, 3.63) is 46.1 Å². The minimum absolute atomic E-state index is 0.0148. The Morgan fingerprint density at radius 1 is 1.17 bits per heavy atom. The van der Waals surface area contributed by atoms with E-state index < -0.39 is 26.6 Å². The van der Waals surface area contributed by atoms with Crippen molar-refractivity contribution in [1.29, 1.82) is 0 Å². The smallest absolute Gasteiger partial charge is 0.267 e. The SMILES string of the molecule is O=S(=O)(Nc1ccc(F)cn1)c1c(Cl)cc(N2CCC([IH+])(CN3CCC4(COC4)C3)C2)c(Cl)c1F. The minimum atomic E-state index is -4.46. The van der Waals surface area contributed by atoms with Gasteiger partial charge in [-0.3, -0.25) is 9.62 Å². The summed E-state index contributed by atoms with van der Waals surface area (Å²) in [7, 11) is -4.46. The number of hydrogen-bond acceptors (Lipinski definition) is 6. The van der Waals surface area contributed by atoms with Crippen molar-refractivity contribution in [2.75, 3.05) is 55.6 Å². The molecule has 5 rings (SSSR count). The molecule has 0 bridgehead atoms. The molecule has 1 atom stereocenters. The van der Waals surface area contributed by atoms with E-state index >= 15 is 4.39 Å². The van der Waals surface area contributed by atoms with Crippen molar-refractivity contribution in [2.24, 2.45) is 5.41 Å². The third-order valence-electron chi connectivity index (χ3n) is 6.84. The van der Waals surface area contributed by atoms with Gasteiger partial charge in [-0.25, -0.2) is 22.2 Å². The monoisotopic (exact) mass is 659 g/mol. The lowest BCUT2D eigenvalue weighted by Gasteiger charge is -2.38.